The lowest BCUT2D eigenvalue weighted by Crippen LogP contribution is -2.32. The molecule has 3 N–H and O–H groups in total. The number of nitrogens with zero attached hydrogens (tertiary/aromatic N) is 1. The summed E-state index contributed by atoms with van der Waals surface area (Å²) in [5.74, 6) is 0.774. The quantitative estimate of drug-likeness (QED) is 0.621. The predicted octanol–water partition coefficient (Wildman–Crippen LogP) is 3.26. The van der Waals surface area contributed by atoms with Crippen molar-refractivity contribution in [3.63, 3.8) is 0 Å². The highest BCUT2D eigenvalue weighted by molar-refractivity contribution is 5.89. The van der Waals surface area contributed by atoms with Crippen LogP contribution in [-0.4, -0.2) is 43.4 Å². The van der Waals surface area contributed by atoms with E-state index in [2.05, 4.69) is 20.9 Å². The molecule has 2 amide bonds. The van der Waals surface area contributed by atoms with Gasteiger partial charge in [-0.05, 0) is 55.7 Å². The van der Waals surface area contributed by atoms with Gasteiger partial charge in [0.15, 0.2) is 0 Å². The predicted molar refractivity (Wildman–Crippen MR) is 105 cm³/mol. The molecule has 1 atom stereocenters. The largest absolute Gasteiger partial charge is 0.491 e. The number of hydrogen-bond acceptors (Lipinski definition) is 5. The third-order valence-corrected chi connectivity index (χ3v) is 4.22. The van der Waals surface area contributed by atoms with E-state index in [-0.39, 0.29) is 12.1 Å². The normalized spacial score (nSPS) is 16.4. The SMILES string of the molecule is O=C(NCCNc1cccnc1)Nc1ccc(OC[C@H]2CCCCO2)cc1. The summed E-state index contributed by atoms with van der Waals surface area (Å²) in [6, 6.07) is 10.9. The van der Waals surface area contributed by atoms with Crippen LogP contribution in [0.15, 0.2) is 48.8 Å². The summed E-state index contributed by atoms with van der Waals surface area (Å²) in [5.41, 5.74) is 1.64. The zero-order valence-corrected chi connectivity index (χ0v) is 15.3. The average Bonchev–Trinajstić information content (AvgIpc) is 2.72. The van der Waals surface area contributed by atoms with E-state index in [1.165, 1.54) is 6.42 Å². The van der Waals surface area contributed by atoms with E-state index in [1.54, 1.807) is 12.4 Å². The molecule has 1 fully saturated rings. The number of carbonyl (C=O) groups is 1. The Labute approximate surface area is 159 Å². The molecule has 3 rings (SSSR count). The van der Waals surface area contributed by atoms with Crippen LogP contribution in [0, 0.1) is 0 Å². The van der Waals surface area contributed by atoms with Gasteiger partial charge in [-0.1, -0.05) is 0 Å². The smallest absolute Gasteiger partial charge is 0.319 e. The Morgan fingerprint density at radius 2 is 2.04 bits per heavy atom. The Hall–Kier alpha value is -2.80. The van der Waals surface area contributed by atoms with Crippen molar-refractivity contribution in [3.8, 4) is 5.75 Å². The van der Waals surface area contributed by atoms with Crippen molar-refractivity contribution >= 4 is 17.4 Å². The number of anilines is 2. The first-order valence-electron chi connectivity index (χ1n) is 9.33. The maximum atomic E-state index is 11.9. The molecule has 1 aliphatic rings. The van der Waals surface area contributed by atoms with Gasteiger partial charge in [0.2, 0.25) is 0 Å². The molecule has 1 aliphatic heterocycles. The van der Waals surface area contributed by atoms with Gasteiger partial charge in [0.1, 0.15) is 12.4 Å². The number of hydrogen-bond donors (Lipinski definition) is 3. The minimum atomic E-state index is -0.243. The number of amides is 2. The van der Waals surface area contributed by atoms with Gasteiger partial charge in [0.25, 0.3) is 0 Å². The molecule has 0 bridgehead atoms. The number of aromatic nitrogens is 1. The standard InChI is InChI=1S/C20H26N4O3/c25-20(23-12-11-22-17-4-3-10-21-14-17)24-16-6-8-18(9-7-16)27-15-19-5-1-2-13-26-19/h3-4,6-10,14,19,22H,1-2,5,11-13,15H2,(H2,23,24,25)/t19-/m1/s1. The van der Waals surface area contributed by atoms with Crippen molar-refractivity contribution in [3.05, 3.63) is 48.8 Å². The van der Waals surface area contributed by atoms with Crippen molar-refractivity contribution in [1.82, 2.24) is 10.3 Å². The topological polar surface area (TPSA) is 84.5 Å². The van der Waals surface area contributed by atoms with Gasteiger partial charge in [-0.2, -0.15) is 0 Å². The Morgan fingerprint density at radius 3 is 2.78 bits per heavy atom. The van der Waals surface area contributed by atoms with Crippen molar-refractivity contribution in [1.29, 1.82) is 0 Å². The molecular formula is C20H26N4O3. The highest BCUT2D eigenvalue weighted by Crippen LogP contribution is 2.18. The molecule has 2 aromatic rings. The van der Waals surface area contributed by atoms with E-state index in [9.17, 15) is 4.79 Å². The second-order valence-electron chi connectivity index (χ2n) is 6.37. The fraction of sp³-hybridized carbons (Fsp3) is 0.400. The molecule has 27 heavy (non-hydrogen) atoms. The van der Waals surface area contributed by atoms with Gasteiger partial charge in [-0.3, -0.25) is 4.98 Å². The Morgan fingerprint density at radius 1 is 1.15 bits per heavy atom. The van der Waals surface area contributed by atoms with Crippen LogP contribution in [0.5, 0.6) is 5.75 Å². The van der Waals surface area contributed by atoms with Crippen LogP contribution in [0.4, 0.5) is 16.2 Å². The van der Waals surface area contributed by atoms with Crippen molar-refractivity contribution in [2.45, 2.75) is 25.4 Å². The van der Waals surface area contributed by atoms with Gasteiger partial charge < -0.3 is 25.4 Å². The van der Waals surface area contributed by atoms with Crippen LogP contribution in [-0.2, 0) is 4.74 Å². The van der Waals surface area contributed by atoms with Gasteiger partial charge in [0.05, 0.1) is 11.8 Å². The molecule has 1 aromatic heterocycles. The molecule has 0 radical (unpaired) electrons. The molecular weight excluding hydrogens is 344 g/mol. The molecule has 1 aromatic carbocycles. The number of rotatable bonds is 8. The maximum Gasteiger partial charge on any atom is 0.319 e. The average molecular weight is 370 g/mol. The van der Waals surface area contributed by atoms with Crippen molar-refractivity contribution in [2.75, 3.05) is 36.9 Å². The lowest BCUT2D eigenvalue weighted by molar-refractivity contribution is -0.0110. The van der Waals surface area contributed by atoms with E-state index >= 15 is 0 Å². The molecule has 144 valence electrons. The zero-order valence-electron chi connectivity index (χ0n) is 15.3. The molecule has 7 heteroatoms. The first kappa shape index (κ1) is 19.0. The lowest BCUT2D eigenvalue weighted by Gasteiger charge is -2.22. The van der Waals surface area contributed by atoms with Crippen molar-refractivity contribution in [2.24, 2.45) is 0 Å². The summed E-state index contributed by atoms with van der Waals surface area (Å²) in [6.07, 6.45) is 7.03. The summed E-state index contributed by atoms with van der Waals surface area (Å²) >= 11 is 0. The first-order chi connectivity index (χ1) is 13.3. The van der Waals surface area contributed by atoms with E-state index in [4.69, 9.17) is 9.47 Å². The fourth-order valence-electron chi connectivity index (χ4n) is 2.79. The summed E-state index contributed by atoms with van der Waals surface area (Å²) in [5, 5.41) is 8.79. The van der Waals surface area contributed by atoms with E-state index in [1.807, 2.05) is 36.4 Å². The Balaban J connectivity index is 1.33. The summed E-state index contributed by atoms with van der Waals surface area (Å²) in [7, 11) is 0. The van der Waals surface area contributed by atoms with E-state index in [0.29, 0.717) is 25.4 Å². The van der Waals surface area contributed by atoms with Crippen LogP contribution >= 0.6 is 0 Å². The van der Waals surface area contributed by atoms with Crippen LogP contribution in [0.2, 0.25) is 0 Å². The second kappa shape index (κ2) is 10.4. The number of carbonyl (C=O) groups excluding carboxylic acids is 1. The second-order valence-corrected chi connectivity index (χ2v) is 6.37. The van der Waals surface area contributed by atoms with Crippen LogP contribution < -0.4 is 20.7 Å². The van der Waals surface area contributed by atoms with Gasteiger partial charge in [0, 0.05) is 37.8 Å². The Bertz CT molecular complexity index is 688. The monoisotopic (exact) mass is 370 g/mol. The maximum absolute atomic E-state index is 11.9. The zero-order chi connectivity index (χ0) is 18.7. The number of pyridine rings is 1. The highest BCUT2D eigenvalue weighted by Gasteiger charge is 2.14. The minimum absolute atomic E-state index is 0.183. The van der Waals surface area contributed by atoms with Crippen LogP contribution in [0.1, 0.15) is 19.3 Å². The summed E-state index contributed by atoms with van der Waals surface area (Å²) in [6.45, 7) is 2.51. The number of ether oxygens (including phenoxy) is 2. The number of benzene rings is 1. The molecule has 0 saturated carbocycles. The van der Waals surface area contributed by atoms with Crippen molar-refractivity contribution < 1.29 is 14.3 Å². The third-order valence-electron chi connectivity index (χ3n) is 4.22. The number of urea groups is 1. The van der Waals surface area contributed by atoms with Crippen LogP contribution in [0.3, 0.4) is 0 Å². The fourth-order valence-corrected chi connectivity index (χ4v) is 2.79. The van der Waals surface area contributed by atoms with Gasteiger partial charge in [-0.15, -0.1) is 0 Å². The highest BCUT2D eigenvalue weighted by atomic mass is 16.5. The summed E-state index contributed by atoms with van der Waals surface area (Å²) < 4.78 is 11.4. The first-order valence-corrected chi connectivity index (χ1v) is 9.33. The lowest BCUT2D eigenvalue weighted by atomic mass is 10.1. The molecule has 2 heterocycles. The molecule has 7 nitrogen and oxygen atoms in total. The molecule has 1 saturated heterocycles. The molecule has 0 unspecified atom stereocenters. The molecule has 0 aliphatic carbocycles. The van der Waals surface area contributed by atoms with Gasteiger partial charge in [-0.25, -0.2) is 4.79 Å². The van der Waals surface area contributed by atoms with E-state index in [0.717, 1.165) is 30.9 Å². The number of nitrogens with one attached hydrogen (secondary N) is 3. The Kier molecular flexibility index (Phi) is 7.29. The van der Waals surface area contributed by atoms with Gasteiger partial charge >= 0.3 is 6.03 Å². The van der Waals surface area contributed by atoms with E-state index < -0.39 is 0 Å². The minimum Gasteiger partial charge on any atom is -0.491 e. The third kappa shape index (κ3) is 6.79. The molecule has 0 spiro atoms. The van der Waals surface area contributed by atoms with Crippen LogP contribution in [0.25, 0.3) is 0 Å². The summed E-state index contributed by atoms with van der Waals surface area (Å²) in [4.78, 5) is 16.0.